The van der Waals surface area contributed by atoms with E-state index in [0.29, 0.717) is 18.0 Å². The summed E-state index contributed by atoms with van der Waals surface area (Å²) in [6, 6.07) is 1.58. The molecule has 0 saturated carbocycles. The molecule has 114 valence electrons. The summed E-state index contributed by atoms with van der Waals surface area (Å²) >= 11 is 0. The minimum absolute atomic E-state index is 0.0742. The number of nitrogens with zero attached hydrogens (tertiary/aromatic N) is 1. The third kappa shape index (κ3) is 3.22. The van der Waals surface area contributed by atoms with Gasteiger partial charge in [-0.1, -0.05) is 0 Å². The monoisotopic (exact) mass is 301 g/mol. The summed E-state index contributed by atoms with van der Waals surface area (Å²) in [5.41, 5.74) is 0.964. The maximum atomic E-state index is 12.4. The zero-order valence-electron chi connectivity index (χ0n) is 12.2. The molecule has 0 spiro atoms. The molecule has 20 heavy (non-hydrogen) atoms. The number of aryl methyl sites for hydroxylation is 1. The van der Waals surface area contributed by atoms with Crippen molar-refractivity contribution >= 4 is 10.0 Å². The van der Waals surface area contributed by atoms with Crippen LogP contribution in [-0.2, 0) is 27.8 Å². The molecule has 1 saturated heterocycles. The van der Waals surface area contributed by atoms with Crippen LogP contribution >= 0.6 is 0 Å². The summed E-state index contributed by atoms with van der Waals surface area (Å²) in [5.74, 6) is 0. The average Bonchev–Trinajstić information content (AvgIpc) is 2.97. The van der Waals surface area contributed by atoms with E-state index in [1.165, 1.54) is 0 Å². The topological polar surface area (TPSA) is 72.4 Å². The van der Waals surface area contributed by atoms with Gasteiger partial charge in [0, 0.05) is 31.6 Å². The predicted molar refractivity (Wildman–Crippen MR) is 77.0 cm³/mol. The highest BCUT2D eigenvalue weighted by Crippen LogP contribution is 2.19. The number of ether oxygens (including phenoxy) is 1. The van der Waals surface area contributed by atoms with Gasteiger partial charge < -0.3 is 14.6 Å². The van der Waals surface area contributed by atoms with E-state index in [4.69, 9.17) is 4.74 Å². The SMILES string of the molecule is CCn1cc(S(=O)(=O)NC2CCOC2C)cc1CNC. The van der Waals surface area contributed by atoms with Gasteiger partial charge in [-0.15, -0.1) is 0 Å². The zero-order chi connectivity index (χ0) is 14.8. The van der Waals surface area contributed by atoms with Crippen LogP contribution in [0, 0.1) is 0 Å². The van der Waals surface area contributed by atoms with Gasteiger partial charge >= 0.3 is 0 Å². The van der Waals surface area contributed by atoms with Gasteiger partial charge in [0.25, 0.3) is 0 Å². The van der Waals surface area contributed by atoms with E-state index < -0.39 is 10.0 Å². The van der Waals surface area contributed by atoms with Crippen LogP contribution < -0.4 is 10.0 Å². The smallest absolute Gasteiger partial charge is 0.242 e. The Kier molecular flexibility index (Phi) is 4.85. The standard InChI is InChI=1S/C13H23N3O3S/c1-4-16-9-12(7-11(16)8-14-3)20(17,18)15-13-5-6-19-10(13)2/h7,9-10,13-15H,4-6,8H2,1-3H3. The van der Waals surface area contributed by atoms with E-state index in [1.807, 2.05) is 25.5 Å². The molecule has 2 unspecified atom stereocenters. The average molecular weight is 301 g/mol. The molecule has 1 aromatic rings. The maximum Gasteiger partial charge on any atom is 0.242 e. The van der Waals surface area contributed by atoms with Crippen molar-refractivity contribution in [2.75, 3.05) is 13.7 Å². The Morgan fingerprint density at radius 1 is 1.50 bits per heavy atom. The first-order valence-electron chi connectivity index (χ1n) is 6.95. The number of aromatic nitrogens is 1. The van der Waals surface area contributed by atoms with Gasteiger partial charge in [-0.25, -0.2) is 13.1 Å². The molecule has 2 N–H and O–H groups in total. The lowest BCUT2D eigenvalue weighted by atomic mass is 10.2. The van der Waals surface area contributed by atoms with Gasteiger partial charge in [-0.3, -0.25) is 0 Å². The number of sulfonamides is 1. The van der Waals surface area contributed by atoms with Crippen molar-refractivity contribution in [2.24, 2.45) is 0 Å². The first kappa shape index (κ1) is 15.5. The maximum absolute atomic E-state index is 12.4. The lowest BCUT2D eigenvalue weighted by Crippen LogP contribution is -2.38. The molecule has 1 fully saturated rings. The van der Waals surface area contributed by atoms with E-state index in [2.05, 4.69) is 10.0 Å². The van der Waals surface area contributed by atoms with Gasteiger partial charge in [-0.05, 0) is 33.4 Å². The number of hydrogen-bond donors (Lipinski definition) is 2. The van der Waals surface area contributed by atoms with Crippen molar-refractivity contribution in [1.82, 2.24) is 14.6 Å². The molecular weight excluding hydrogens is 278 g/mol. The number of nitrogens with one attached hydrogen (secondary N) is 2. The van der Waals surface area contributed by atoms with Crippen LogP contribution in [-0.4, -0.2) is 38.8 Å². The third-order valence-electron chi connectivity index (χ3n) is 3.65. The second kappa shape index (κ2) is 6.26. The lowest BCUT2D eigenvalue weighted by molar-refractivity contribution is 0.117. The fourth-order valence-corrected chi connectivity index (χ4v) is 3.85. The Bertz CT molecular complexity index is 553. The van der Waals surface area contributed by atoms with Crippen LogP contribution in [0.15, 0.2) is 17.2 Å². The van der Waals surface area contributed by atoms with E-state index in [0.717, 1.165) is 18.7 Å². The fourth-order valence-electron chi connectivity index (χ4n) is 2.45. The molecule has 7 heteroatoms. The minimum atomic E-state index is -3.49. The minimum Gasteiger partial charge on any atom is -0.377 e. The quantitative estimate of drug-likeness (QED) is 0.810. The van der Waals surface area contributed by atoms with Gasteiger partial charge in [0.2, 0.25) is 10.0 Å². The lowest BCUT2D eigenvalue weighted by Gasteiger charge is -2.15. The summed E-state index contributed by atoms with van der Waals surface area (Å²) in [7, 11) is -1.64. The summed E-state index contributed by atoms with van der Waals surface area (Å²) in [6.45, 7) is 5.89. The Balaban J connectivity index is 2.20. The molecule has 0 radical (unpaired) electrons. The van der Waals surface area contributed by atoms with E-state index in [9.17, 15) is 8.42 Å². The second-order valence-corrected chi connectivity index (χ2v) is 6.79. The molecular formula is C13H23N3O3S. The molecule has 6 nitrogen and oxygen atoms in total. The van der Waals surface area contributed by atoms with Gasteiger partial charge in [0.1, 0.15) is 0 Å². The molecule has 1 aliphatic rings. The Morgan fingerprint density at radius 3 is 2.80 bits per heavy atom. The largest absolute Gasteiger partial charge is 0.377 e. The summed E-state index contributed by atoms with van der Waals surface area (Å²) in [4.78, 5) is 0.323. The van der Waals surface area contributed by atoms with E-state index >= 15 is 0 Å². The predicted octanol–water partition coefficient (Wildman–Crippen LogP) is 0.683. The highest BCUT2D eigenvalue weighted by molar-refractivity contribution is 7.89. The molecule has 0 aromatic carbocycles. The van der Waals surface area contributed by atoms with Crippen molar-refractivity contribution in [3.63, 3.8) is 0 Å². The van der Waals surface area contributed by atoms with Crippen molar-refractivity contribution in [2.45, 2.75) is 50.4 Å². The Labute approximate surface area is 120 Å². The van der Waals surface area contributed by atoms with Crippen molar-refractivity contribution in [3.8, 4) is 0 Å². The van der Waals surface area contributed by atoms with Gasteiger partial charge in [0.15, 0.2) is 0 Å². The number of hydrogen-bond acceptors (Lipinski definition) is 4. The zero-order valence-corrected chi connectivity index (χ0v) is 13.0. The first-order valence-corrected chi connectivity index (χ1v) is 8.44. The summed E-state index contributed by atoms with van der Waals surface area (Å²) in [5, 5.41) is 3.05. The highest BCUT2D eigenvalue weighted by atomic mass is 32.2. The van der Waals surface area contributed by atoms with Crippen molar-refractivity contribution in [3.05, 3.63) is 18.0 Å². The molecule has 0 aliphatic carbocycles. The van der Waals surface area contributed by atoms with Gasteiger partial charge in [-0.2, -0.15) is 0 Å². The van der Waals surface area contributed by atoms with Gasteiger partial charge in [0.05, 0.1) is 17.0 Å². The molecule has 1 aromatic heterocycles. The van der Waals surface area contributed by atoms with Crippen LogP contribution in [0.5, 0.6) is 0 Å². The molecule has 2 rings (SSSR count). The molecule has 2 heterocycles. The van der Waals surface area contributed by atoms with E-state index in [-0.39, 0.29) is 12.1 Å². The van der Waals surface area contributed by atoms with Crippen LogP contribution in [0.1, 0.15) is 26.0 Å². The molecule has 0 amide bonds. The molecule has 1 aliphatic heterocycles. The van der Waals surface area contributed by atoms with E-state index in [1.54, 1.807) is 12.3 Å². The van der Waals surface area contributed by atoms with Crippen LogP contribution in [0.25, 0.3) is 0 Å². The Morgan fingerprint density at radius 2 is 2.25 bits per heavy atom. The second-order valence-electron chi connectivity index (χ2n) is 5.08. The molecule has 2 atom stereocenters. The third-order valence-corrected chi connectivity index (χ3v) is 5.11. The van der Waals surface area contributed by atoms with Crippen molar-refractivity contribution < 1.29 is 13.2 Å². The van der Waals surface area contributed by atoms with Crippen LogP contribution in [0.2, 0.25) is 0 Å². The first-order chi connectivity index (χ1) is 9.47. The highest BCUT2D eigenvalue weighted by Gasteiger charge is 2.29. The van der Waals surface area contributed by atoms with Crippen LogP contribution in [0.3, 0.4) is 0 Å². The van der Waals surface area contributed by atoms with Crippen LogP contribution in [0.4, 0.5) is 0 Å². The number of rotatable bonds is 6. The summed E-state index contributed by atoms with van der Waals surface area (Å²) < 4.78 is 34.9. The normalized spacial score (nSPS) is 23.4. The Hall–Kier alpha value is -0.890. The molecule has 0 bridgehead atoms. The summed E-state index contributed by atoms with van der Waals surface area (Å²) in [6.07, 6.45) is 2.34. The fraction of sp³-hybridized carbons (Fsp3) is 0.692. The van der Waals surface area contributed by atoms with Crippen molar-refractivity contribution in [1.29, 1.82) is 0 Å².